The Hall–Kier alpha value is -2.38. The summed E-state index contributed by atoms with van der Waals surface area (Å²) >= 11 is 0. The van der Waals surface area contributed by atoms with E-state index in [4.69, 9.17) is 9.68 Å². The van der Waals surface area contributed by atoms with Crippen LogP contribution in [0.4, 0.5) is 0 Å². The molecule has 5 atom stereocenters. The molecule has 4 aliphatic carbocycles. The Kier molecular flexibility index (Phi) is 3.59. The van der Waals surface area contributed by atoms with E-state index in [2.05, 4.69) is 0 Å². The van der Waals surface area contributed by atoms with Crippen LogP contribution in [0.3, 0.4) is 0 Å². The van der Waals surface area contributed by atoms with E-state index in [0.29, 0.717) is 31.1 Å². The van der Waals surface area contributed by atoms with Crippen molar-refractivity contribution < 1.29 is 19.8 Å². The van der Waals surface area contributed by atoms with Gasteiger partial charge in [-0.1, -0.05) is 30.3 Å². The molecule has 0 heterocycles. The van der Waals surface area contributed by atoms with Crippen molar-refractivity contribution in [1.29, 1.82) is 0 Å². The van der Waals surface area contributed by atoms with Crippen molar-refractivity contribution in [3.63, 3.8) is 0 Å². The van der Waals surface area contributed by atoms with Crippen molar-refractivity contribution in [2.24, 2.45) is 17.3 Å². The number of hydrogen-bond donors (Lipinski definition) is 0. The lowest BCUT2D eigenvalue weighted by Crippen LogP contribution is -2.59. The van der Waals surface area contributed by atoms with Crippen LogP contribution in [0.5, 0.6) is 0 Å². The smallest absolute Gasteiger partial charge is 0.295 e. The van der Waals surface area contributed by atoms with Gasteiger partial charge in [-0.3, -0.25) is 0 Å². The van der Waals surface area contributed by atoms with Gasteiger partial charge in [0.05, 0.1) is 0 Å². The van der Waals surface area contributed by atoms with E-state index in [1.807, 2.05) is 30.3 Å². The molecule has 8 nitrogen and oxygen atoms in total. The summed E-state index contributed by atoms with van der Waals surface area (Å²) in [5.74, 6) is 0.588. The first-order chi connectivity index (χ1) is 11.9. The van der Waals surface area contributed by atoms with Gasteiger partial charge >= 0.3 is 0 Å². The minimum atomic E-state index is -0.819. The van der Waals surface area contributed by atoms with Crippen LogP contribution < -0.4 is 0 Å². The second kappa shape index (κ2) is 5.57. The molecule has 5 rings (SSSR count). The number of nitrogens with zero attached hydrogens (tertiary/aromatic N) is 2. The molecular weight excluding hydrogens is 328 g/mol. The third-order valence-electron chi connectivity index (χ3n) is 6.17. The zero-order valence-corrected chi connectivity index (χ0v) is 13.7. The van der Waals surface area contributed by atoms with E-state index >= 15 is 0 Å². The van der Waals surface area contributed by atoms with Crippen LogP contribution in [0.2, 0.25) is 0 Å². The highest BCUT2D eigenvalue weighted by Crippen LogP contribution is 2.67. The van der Waals surface area contributed by atoms with E-state index in [0.717, 1.165) is 24.8 Å². The summed E-state index contributed by atoms with van der Waals surface area (Å²) in [5, 5.41) is 20.8. The predicted octanol–water partition coefficient (Wildman–Crippen LogP) is 3.48. The third kappa shape index (κ3) is 2.79. The minimum Gasteiger partial charge on any atom is -0.307 e. The molecule has 8 heteroatoms. The summed E-state index contributed by atoms with van der Waals surface area (Å²) in [6, 6.07) is 9.16. The Morgan fingerprint density at radius 3 is 2.20 bits per heavy atom. The van der Waals surface area contributed by atoms with Crippen LogP contribution >= 0.6 is 0 Å². The van der Waals surface area contributed by atoms with E-state index in [1.165, 1.54) is 0 Å². The lowest BCUT2D eigenvalue weighted by molar-refractivity contribution is -0.790. The van der Waals surface area contributed by atoms with Gasteiger partial charge < -0.3 is 9.68 Å². The van der Waals surface area contributed by atoms with Gasteiger partial charge in [0, 0.05) is 5.41 Å². The second-order valence-corrected chi connectivity index (χ2v) is 7.94. The van der Waals surface area contributed by atoms with Crippen molar-refractivity contribution in [3.8, 4) is 0 Å². The van der Waals surface area contributed by atoms with Crippen molar-refractivity contribution in [2.45, 2.75) is 50.2 Å². The maximum atomic E-state index is 11.2. The highest BCUT2D eigenvalue weighted by Gasteiger charge is 2.62. The lowest BCUT2D eigenvalue weighted by atomic mass is 9.46. The molecule has 4 saturated carbocycles. The standard InChI is InChI=1S/C17H20N2O6/c20-18(21)24-15(14-4-2-1-3-5-14)16-7-12-6-13(8-16)10-17(9-12,11-16)25-19(22)23/h1-5,12-13,15H,6-11H2/t12-,13+,15?,16?,17?. The molecule has 134 valence electrons. The molecule has 0 amide bonds. The van der Waals surface area contributed by atoms with Gasteiger partial charge in [-0.15, -0.1) is 20.2 Å². The van der Waals surface area contributed by atoms with Crippen molar-refractivity contribution >= 4 is 0 Å². The summed E-state index contributed by atoms with van der Waals surface area (Å²) in [6.07, 6.45) is 3.63. The lowest BCUT2D eigenvalue weighted by Gasteiger charge is -2.62. The highest BCUT2D eigenvalue weighted by molar-refractivity contribution is 5.23. The topological polar surface area (TPSA) is 105 Å². The monoisotopic (exact) mass is 348 g/mol. The van der Waals surface area contributed by atoms with E-state index in [9.17, 15) is 20.2 Å². The SMILES string of the molecule is O=[N+]([O-])OC(c1ccccc1)C12C[C@@H]3C[C@@H](CC(O[N+](=O)[O-])(C3)C1)C2. The van der Waals surface area contributed by atoms with Gasteiger partial charge in [-0.05, 0) is 55.9 Å². The normalized spacial score (nSPS) is 36.6. The molecule has 1 aromatic rings. The third-order valence-corrected chi connectivity index (χ3v) is 6.17. The quantitative estimate of drug-likeness (QED) is 0.575. The number of hydrogen-bond acceptors (Lipinski definition) is 6. The second-order valence-electron chi connectivity index (χ2n) is 7.94. The molecule has 0 saturated heterocycles. The Morgan fingerprint density at radius 1 is 1.00 bits per heavy atom. The minimum absolute atomic E-state index is 0.294. The van der Waals surface area contributed by atoms with Gasteiger partial charge in [0.15, 0.2) is 0 Å². The summed E-state index contributed by atoms with van der Waals surface area (Å²) in [6.45, 7) is 0. The zero-order chi connectivity index (χ0) is 17.7. The molecule has 3 unspecified atom stereocenters. The van der Waals surface area contributed by atoms with Crippen molar-refractivity contribution in [3.05, 3.63) is 56.1 Å². The highest BCUT2D eigenvalue weighted by atomic mass is 17.0. The molecule has 4 aliphatic rings. The summed E-state index contributed by atoms with van der Waals surface area (Å²) in [5.41, 5.74) is -0.563. The predicted molar refractivity (Wildman–Crippen MR) is 85.2 cm³/mol. The van der Waals surface area contributed by atoms with Gasteiger partial charge in [0.1, 0.15) is 11.7 Å². The first kappa shape index (κ1) is 16.1. The molecule has 1 aromatic carbocycles. The maximum Gasteiger partial charge on any atom is 0.295 e. The fourth-order valence-electron chi connectivity index (χ4n) is 6.06. The maximum absolute atomic E-state index is 11.2. The number of benzene rings is 1. The van der Waals surface area contributed by atoms with Crippen LogP contribution in [0, 0.1) is 37.5 Å². The Balaban J connectivity index is 1.73. The van der Waals surface area contributed by atoms with E-state index < -0.39 is 27.3 Å². The molecule has 4 fully saturated rings. The zero-order valence-electron chi connectivity index (χ0n) is 13.7. The Bertz CT molecular complexity index is 680. The largest absolute Gasteiger partial charge is 0.307 e. The molecule has 4 bridgehead atoms. The molecule has 0 N–H and O–H groups in total. The Labute approximate surface area is 144 Å². The fraction of sp³-hybridized carbons (Fsp3) is 0.647. The average molecular weight is 348 g/mol. The molecule has 0 aliphatic heterocycles. The molecule has 0 radical (unpaired) electrons. The van der Waals surface area contributed by atoms with Crippen LogP contribution in [0.15, 0.2) is 30.3 Å². The molecule has 0 aromatic heterocycles. The first-order valence-corrected chi connectivity index (χ1v) is 8.59. The molecular formula is C17H20N2O6. The first-order valence-electron chi connectivity index (χ1n) is 8.59. The van der Waals surface area contributed by atoms with Crippen molar-refractivity contribution in [2.75, 3.05) is 0 Å². The summed E-state index contributed by atoms with van der Waals surface area (Å²) < 4.78 is 0. The Morgan fingerprint density at radius 2 is 1.64 bits per heavy atom. The molecule has 25 heavy (non-hydrogen) atoms. The van der Waals surface area contributed by atoms with Crippen LogP contribution in [0.1, 0.15) is 50.2 Å². The molecule has 0 spiro atoms. The van der Waals surface area contributed by atoms with Crippen LogP contribution in [-0.4, -0.2) is 15.8 Å². The fourth-order valence-corrected chi connectivity index (χ4v) is 6.06. The van der Waals surface area contributed by atoms with Crippen LogP contribution in [0.25, 0.3) is 0 Å². The van der Waals surface area contributed by atoms with Crippen LogP contribution in [-0.2, 0) is 9.68 Å². The summed E-state index contributed by atoms with van der Waals surface area (Å²) in [4.78, 5) is 32.6. The number of rotatable bonds is 6. The summed E-state index contributed by atoms with van der Waals surface area (Å²) in [7, 11) is 0. The average Bonchev–Trinajstić information content (AvgIpc) is 2.50. The van der Waals surface area contributed by atoms with Gasteiger partial charge in [0.2, 0.25) is 0 Å². The van der Waals surface area contributed by atoms with Crippen molar-refractivity contribution in [1.82, 2.24) is 0 Å². The van der Waals surface area contributed by atoms with Gasteiger partial charge in [0.25, 0.3) is 10.2 Å². The van der Waals surface area contributed by atoms with Gasteiger partial charge in [-0.2, -0.15) is 0 Å². The van der Waals surface area contributed by atoms with Gasteiger partial charge in [-0.25, -0.2) is 0 Å². The van der Waals surface area contributed by atoms with E-state index in [1.54, 1.807) is 0 Å². The van der Waals surface area contributed by atoms with E-state index in [-0.39, 0.29) is 0 Å².